The molecule has 1 aliphatic rings. The third-order valence-corrected chi connectivity index (χ3v) is 5.58. The molecule has 0 unspecified atom stereocenters. The summed E-state index contributed by atoms with van der Waals surface area (Å²) in [5, 5.41) is 0. The van der Waals surface area contributed by atoms with E-state index < -0.39 is 12.6 Å². The van der Waals surface area contributed by atoms with Crippen molar-refractivity contribution in [2.24, 2.45) is 0 Å². The number of piperazine rings is 1. The average molecular weight is 446 g/mol. The molecule has 1 saturated heterocycles. The van der Waals surface area contributed by atoms with Gasteiger partial charge in [-0.05, 0) is 18.2 Å². The van der Waals surface area contributed by atoms with Gasteiger partial charge < -0.3 is 14.5 Å². The third kappa shape index (κ3) is 5.09. The van der Waals surface area contributed by atoms with Gasteiger partial charge >= 0.3 is 5.97 Å². The Labute approximate surface area is 191 Å². The van der Waals surface area contributed by atoms with Gasteiger partial charge in [0, 0.05) is 37.3 Å². The second kappa shape index (κ2) is 10.1. The van der Waals surface area contributed by atoms with Gasteiger partial charge in [0.15, 0.2) is 12.4 Å². The van der Waals surface area contributed by atoms with E-state index in [1.807, 2.05) is 4.90 Å². The van der Waals surface area contributed by atoms with Crippen LogP contribution in [0, 0.1) is 5.82 Å². The molecule has 0 bridgehead atoms. The number of carbonyl (C=O) groups excluding carboxylic acids is 3. The molecule has 1 fully saturated rings. The number of nitrogens with zero attached hydrogens (tertiary/aromatic N) is 2. The summed E-state index contributed by atoms with van der Waals surface area (Å²) in [6, 6.07) is 21.6. The van der Waals surface area contributed by atoms with Crippen molar-refractivity contribution in [3.05, 3.63) is 101 Å². The first-order valence-corrected chi connectivity index (χ1v) is 10.7. The fourth-order valence-electron chi connectivity index (χ4n) is 3.81. The van der Waals surface area contributed by atoms with Gasteiger partial charge in [-0.3, -0.25) is 9.59 Å². The smallest absolute Gasteiger partial charge is 0.339 e. The Balaban J connectivity index is 1.35. The molecule has 0 aromatic heterocycles. The molecule has 4 rings (SSSR count). The number of halogens is 1. The minimum absolute atomic E-state index is 0.114. The molecular weight excluding hydrogens is 423 g/mol. The summed E-state index contributed by atoms with van der Waals surface area (Å²) < 4.78 is 19.2. The Morgan fingerprint density at radius 2 is 1.36 bits per heavy atom. The zero-order valence-electron chi connectivity index (χ0n) is 17.9. The molecule has 0 spiro atoms. The molecule has 0 saturated carbocycles. The van der Waals surface area contributed by atoms with Crippen LogP contribution >= 0.6 is 0 Å². The van der Waals surface area contributed by atoms with Crippen molar-refractivity contribution in [2.75, 3.05) is 37.7 Å². The van der Waals surface area contributed by atoms with Crippen molar-refractivity contribution in [3.63, 3.8) is 0 Å². The van der Waals surface area contributed by atoms with E-state index in [1.165, 1.54) is 12.1 Å². The number of hydrogen-bond donors (Lipinski definition) is 0. The van der Waals surface area contributed by atoms with Crippen LogP contribution in [-0.2, 0) is 9.53 Å². The van der Waals surface area contributed by atoms with Gasteiger partial charge in [0.2, 0.25) is 0 Å². The Kier molecular flexibility index (Phi) is 6.78. The molecule has 0 aliphatic carbocycles. The summed E-state index contributed by atoms with van der Waals surface area (Å²) in [6.07, 6.45) is 0. The van der Waals surface area contributed by atoms with Gasteiger partial charge in [-0.2, -0.15) is 0 Å². The highest BCUT2D eigenvalue weighted by Gasteiger charge is 2.25. The predicted octanol–water partition coefficient (Wildman–Crippen LogP) is 3.56. The summed E-state index contributed by atoms with van der Waals surface area (Å²) in [6.45, 7) is 1.33. The zero-order valence-corrected chi connectivity index (χ0v) is 17.9. The minimum Gasteiger partial charge on any atom is -0.452 e. The number of hydrogen-bond acceptors (Lipinski definition) is 5. The first-order chi connectivity index (χ1) is 16.0. The molecule has 7 heteroatoms. The van der Waals surface area contributed by atoms with E-state index in [0.717, 1.165) is 0 Å². The van der Waals surface area contributed by atoms with E-state index in [0.29, 0.717) is 37.4 Å². The molecule has 0 radical (unpaired) electrons. The predicted molar refractivity (Wildman–Crippen MR) is 122 cm³/mol. The highest BCUT2D eigenvalue weighted by molar-refractivity contribution is 6.14. The lowest BCUT2D eigenvalue weighted by atomic mass is 9.98. The number of anilines is 1. The highest BCUT2D eigenvalue weighted by atomic mass is 19.1. The number of esters is 1. The molecule has 0 atom stereocenters. The second-order valence-electron chi connectivity index (χ2n) is 7.64. The topological polar surface area (TPSA) is 66.9 Å². The summed E-state index contributed by atoms with van der Waals surface area (Å²) in [5.41, 5.74) is 1.31. The Bertz CT molecular complexity index is 1160. The number of para-hydroxylation sites is 1. The van der Waals surface area contributed by atoms with Crippen LogP contribution in [0.4, 0.5) is 10.1 Å². The van der Waals surface area contributed by atoms with E-state index in [1.54, 1.807) is 71.6 Å². The van der Waals surface area contributed by atoms with E-state index >= 15 is 0 Å². The van der Waals surface area contributed by atoms with Crippen LogP contribution in [0.1, 0.15) is 26.3 Å². The second-order valence-corrected chi connectivity index (χ2v) is 7.64. The molecule has 0 N–H and O–H groups in total. The van der Waals surface area contributed by atoms with Crippen LogP contribution in [0.15, 0.2) is 78.9 Å². The first-order valence-electron chi connectivity index (χ1n) is 10.7. The molecule has 6 nitrogen and oxygen atoms in total. The summed E-state index contributed by atoms with van der Waals surface area (Å²) in [5.74, 6) is -1.65. The molecular formula is C26H23FN2O4. The molecule has 1 heterocycles. The van der Waals surface area contributed by atoms with Crippen LogP contribution in [0.25, 0.3) is 0 Å². The highest BCUT2D eigenvalue weighted by Crippen LogP contribution is 2.20. The number of carbonyl (C=O) groups is 3. The standard InChI is InChI=1S/C26H23FN2O4/c27-22-12-6-7-13-23(22)28-14-16-29(17-15-28)24(30)18-33-26(32)21-11-5-4-10-20(21)25(31)19-8-2-1-3-9-19/h1-13H,14-18H2. The maximum Gasteiger partial charge on any atom is 0.339 e. The van der Waals surface area contributed by atoms with Crippen molar-refractivity contribution in [1.29, 1.82) is 0 Å². The lowest BCUT2D eigenvalue weighted by Gasteiger charge is -2.36. The van der Waals surface area contributed by atoms with Gasteiger partial charge in [-0.25, -0.2) is 9.18 Å². The fourth-order valence-corrected chi connectivity index (χ4v) is 3.81. The number of rotatable bonds is 6. The van der Waals surface area contributed by atoms with Crippen molar-refractivity contribution >= 4 is 23.3 Å². The summed E-state index contributed by atoms with van der Waals surface area (Å²) >= 11 is 0. The van der Waals surface area contributed by atoms with Gasteiger partial charge in [0.25, 0.3) is 5.91 Å². The quantitative estimate of drug-likeness (QED) is 0.428. The van der Waals surface area contributed by atoms with Gasteiger partial charge in [0.05, 0.1) is 11.3 Å². The zero-order chi connectivity index (χ0) is 23.2. The lowest BCUT2D eigenvalue weighted by molar-refractivity contribution is -0.134. The van der Waals surface area contributed by atoms with E-state index in [2.05, 4.69) is 0 Å². The maximum absolute atomic E-state index is 14.0. The monoisotopic (exact) mass is 446 g/mol. The number of amides is 1. The van der Waals surface area contributed by atoms with Crippen molar-refractivity contribution in [1.82, 2.24) is 4.90 Å². The van der Waals surface area contributed by atoms with Gasteiger partial charge in [-0.1, -0.05) is 60.7 Å². The number of ketones is 1. The Morgan fingerprint density at radius 1 is 0.758 bits per heavy atom. The minimum atomic E-state index is -0.728. The summed E-state index contributed by atoms with van der Waals surface area (Å²) in [7, 11) is 0. The molecule has 3 aromatic carbocycles. The van der Waals surface area contributed by atoms with Gasteiger partial charge in [-0.15, -0.1) is 0 Å². The molecule has 3 aromatic rings. The largest absolute Gasteiger partial charge is 0.452 e. The molecule has 33 heavy (non-hydrogen) atoms. The number of benzene rings is 3. The SMILES string of the molecule is O=C(OCC(=O)N1CCN(c2ccccc2F)CC1)c1ccccc1C(=O)c1ccccc1. The molecule has 168 valence electrons. The molecule has 1 amide bonds. The average Bonchev–Trinajstić information content (AvgIpc) is 2.87. The maximum atomic E-state index is 14.0. The van der Waals surface area contributed by atoms with Crippen molar-refractivity contribution < 1.29 is 23.5 Å². The van der Waals surface area contributed by atoms with Crippen LogP contribution in [0.5, 0.6) is 0 Å². The van der Waals surface area contributed by atoms with Crippen molar-refractivity contribution in [3.8, 4) is 0 Å². The lowest BCUT2D eigenvalue weighted by Crippen LogP contribution is -2.50. The third-order valence-electron chi connectivity index (χ3n) is 5.58. The van der Waals surface area contributed by atoms with E-state index in [9.17, 15) is 18.8 Å². The molecule has 1 aliphatic heterocycles. The Morgan fingerprint density at radius 3 is 2.06 bits per heavy atom. The normalized spacial score (nSPS) is 13.5. The van der Waals surface area contributed by atoms with Crippen LogP contribution in [0.3, 0.4) is 0 Å². The van der Waals surface area contributed by atoms with Crippen LogP contribution in [0.2, 0.25) is 0 Å². The van der Waals surface area contributed by atoms with Crippen LogP contribution in [-0.4, -0.2) is 55.3 Å². The Hall–Kier alpha value is -4.00. The van der Waals surface area contributed by atoms with Gasteiger partial charge in [0.1, 0.15) is 5.82 Å². The number of ether oxygens (including phenoxy) is 1. The van der Waals surface area contributed by atoms with E-state index in [-0.39, 0.29) is 28.6 Å². The van der Waals surface area contributed by atoms with E-state index in [4.69, 9.17) is 4.74 Å². The summed E-state index contributed by atoms with van der Waals surface area (Å²) in [4.78, 5) is 41.5. The van der Waals surface area contributed by atoms with Crippen LogP contribution < -0.4 is 4.90 Å². The fraction of sp³-hybridized carbons (Fsp3) is 0.192. The first kappa shape index (κ1) is 22.2. The van der Waals surface area contributed by atoms with Crippen molar-refractivity contribution in [2.45, 2.75) is 0 Å².